The Hall–Kier alpha value is -1.22. The second-order valence-electron chi connectivity index (χ2n) is 5.88. The maximum atomic E-state index is 6.31. The van der Waals surface area contributed by atoms with E-state index in [-0.39, 0.29) is 5.54 Å². The van der Waals surface area contributed by atoms with E-state index in [1.807, 2.05) is 36.4 Å². The fourth-order valence-corrected chi connectivity index (χ4v) is 2.23. The Kier molecular flexibility index (Phi) is 5.15. The molecule has 2 aromatic rings. The molecule has 0 saturated heterocycles. The molecule has 0 atom stereocenters. The minimum Gasteiger partial charge on any atom is -0.457 e. The molecule has 0 aliphatic rings. The molecule has 0 unspecified atom stereocenters. The van der Waals surface area contributed by atoms with E-state index in [1.165, 1.54) is 0 Å². The zero-order valence-corrected chi connectivity index (χ0v) is 13.9. The smallest absolute Gasteiger partial charge is 0.133 e. The summed E-state index contributed by atoms with van der Waals surface area (Å²) in [5.41, 5.74) is 0.945. The highest BCUT2D eigenvalue weighted by molar-refractivity contribution is 6.31. The van der Waals surface area contributed by atoms with Gasteiger partial charge in [0, 0.05) is 27.7 Å². The SMILES string of the molecule is CC(C)(C)NCc1c(Cl)cccc1Oc1cccc(Cl)c1. The lowest BCUT2D eigenvalue weighted by atomic mass is 10.1. The zero-order valence-electron chi connectivity index (χ0n) is 12.4. The lowest BCUT2D eigenvalue weighted by Crippen LogP contribution is -2.35. The maximum absolute atomic E-state index is 6.31. The highest BCUT2D eigenvalue weighted by Gasteiger charge is 2.14. The van der Waals surface area contributed by atoms with Gasteiger partial charge in [-0.1, -0.05) is 35.3 Å². The van der Waals surface area contributed by atoms with Crippen LogP contribution in [0.5, 0.6) is 11.5 Å². The Balaban J connectivity index is 2.25. The largest absolute Gasteiger partial charge is 0.457 e. The molecule has 0 aliphatic carbocycles. The van der Waals surface area contributed by atoms with E-state index in [0.29, 0.717) is 22.3 Å². The van der Waals surface area contributed by atoms with E-state index in [4.69, 9.17) is 27.9 Å². The van der Waals surface area contributed by atoms with Crippen LogP contribution < -0.4 is 10.1 Å². The monoisotopic (exact) mass is 323 g/mol. The Labute approximate surface area is 136 Å². The minimum atomic E-state index is 0.00644. The fraction of sp³-hybridized carbons (Fsp3) is 0.294. The maximum Gasteiger partial charge on any atom is 0.133 e. The van der Waals surface area contributed by atoms with Gasteiger partial charge in [0.1, 0.15) is 11.5 Å². The zero-order chi connectivity index (χ0) is 15.5. The van der Waals surface area contributed by atoms with Gasteiger partial charge in [-0.05, 0) is 51.1 Å². The molecular formula is C17H19Cl2NO. The Morgan fingerprint density at radius 2 is 1.76 bits per heavy atom. The van der Waals surface area contributed by atoms with E-state index in [1.54, 1.807) is 6.07 Å². The number of ether oxygens (including phenoxy) is 1. The molecule has 0 aliphatic heterocycles. The van der Waals surface area contributed by atoms with Crippen LogP contribution in [-0.2, 0) is 6.54 Å². The Morgan fingerprint density at radius 3 is 2.43 bits per heavy atom. The molecule has 0 spiro atoms. The van der Waals surface area contributed by atoms with Crippen LogP contribution in [0.4, 0.5) is 0 Å². The first kappa shape index (κ1) is 16.2. The molecule has 4 heteroatoms. The van der Waals surface area contributed by atoms with Gasteiger partial charge in [0.25, 0.3) is 0 Å². The van der Waals surface area contributed by atoms with Crippen molar-refractivity contribution in [3.05, 3.63) is 58.1 Å². The summed E-state index contributed by atoms with van der Waals surface area (Å²) in [6, 6.07) is 13.0. The molecule has 0 heterocycles. The first-order valence-electron chi connectivity index (χ1n) is 6.81. The normalized spacial score (nSPS) is 11.5. The molecule has 0 amide bonds. The number of hydrogen-bond donors (Lipinski definition) is 1. The summed E-state index contributed by atoms with van der Waals surface area (Å²) in [6.45, 7) is 6.98. The third-order valence-electron chi connectivity index (χ3n) is 2.90. The number of hydrogen-bond acceptors (Lipinski definition) is 2. The molecule has 2 nitrogen and oxygen atoms in total. The van der Waals surface area contributed by atoms with Gasteiger partial charge >= 0.3 is 0 Å². The van der Waals surface area contributed by atoms with Crippen LogP contribution in [0, 0.1) is 0 Å². The first-order chi connectivity index (χ1) is 9.85. The van der Waals surface area contributed by atoms with Gasteiger partial charge in [-0.3, -0.25) is 0 Å². The lowest BCUT2D eigenvalue weighted by Gasteiger charge is -2.22. The van der Waals surface area contributed by atoms with E-state index in [2.05, 4.69) is 26.1 Å². The van der Waals surface area contributed by atoms with Crippen LogP contribution in [-0.4, -0.2) is 5.54 Å². The van der Waals surface area contributed by atoms with Gasteiger partial charge in [-0.15, -0.1) is 0 Å². The number of benzene rings is 2. The Morgan fingerprint density at radius 1 is 1.05 bits per heavy atom. The van der Waals surface area contributed by atoms with Crippen molar-refractivity contribution >= 4 is 23.2 Å². The van der Waals surface area contributed by atoms with Gasteiger partial charge in [-0.2, -0.15) is 0 Å². The summed E-state index contributed by atoms with van der Waals surface area (Å²) in [7, 11) is 0. The molecule has 21 heavy (non-hydrogen) atoms. The molecule has 2 rings (SSSR count). The van der Waals surface area contributed by atoms with E-state index >= 15 is 0 Å². The highest BCUT2D eigenvalue weighted by Crippen LogP contribution is 2.31. The molecule has 0 aromatic heterocycles. The van der Waals surface area contributed by atoms with Crippen LogP contribution in [0.15, 0.2) is 42.5 Å². The number of nitrogens with one attached hydrogen (secondary N) is 1. The van der Waals surface area contributed by atoms with Crippen LogP contribution in [0.25, 0.3) is 0 Å². The second kappa shape index (κ2) is 6.69. The molecule has 112 valence electrons. The van der Waals surface area contributed by atoms with E-state index in [9.17, 15) is 0 Å². The van der Waals surface area contributed by atoms with Crippen molar-refractivity contribution in [3.8, 4) is 11.5 Å². The second-order valence-corrected chi connectivity index (χ2v) is 6.72. The van der Waals surface area contributed by atoms with Crippen molar-refractivity contribution in [1.29, 1.82) is 0 Å². The molecule has 0 bridgehead atoms. The van der Waals surface area contributed by atoms with Crippen molar-refractivity contribution in [2.45, 2.75) is 32.9 Å². The van der Waals surface area contributed by atoms with Crippen molar-refractivity contribution in [2.24, 2.45) is 0 Å². The van der Waals surface area contributed by atoms with Crippen molar-refractivity contribution < 1.29 is 4.74 Å². The third kappa shape index (κ3) is 4.92. The highest BCUT2D eigenvalue weighted by atomic mass is 35.5. The predicted molar refractivity (Wildman–Crippen MR) is 89.6 cm³/mol. The van der Waals surface area contributed by atoms with Gasteiger partial charge < -0.3 is 10.1 Å². The van der Waals surface area contributed by atoms with Crippen LogP contribution in [0.3, 0.4) is 0 Å². The summed E-state index contributed by atoms with van der Waals surface area (Å²) < 4.78 is 5.93. The quantitative estimate of drug-likeness (QED) is 0.782. The average Bonchev–Trinajstić information content (AvgIpc) is 2.37. The molecule has 0 saturated carbocycles. The first-order valence-corrected chi connectivity index (χ1v) is 7.56. The van der Waals surface area contributed by atoms with Crippen LogP contribution in [0.1, 0.15) is 26.3 Å². The Bertz CT molecular complexity index is 620. The molecule has 0 fully saturated rings. The van der Waals surface area contributed by atoms with E-state index < -0.39 is 0 Å². The summed E-state index contributed by atoms with van der Waals surface area (Å²) in [5, 5.41) is 4.75. The topological polar surface area (TPSA) is 21.3 Å². The summed E-state index contributed by atoms with van der Waals surface area (Å²) in [5.74, 6) is 1.43. The predicted octanol–water partition coefficient (Wildman–Crippen LogP) is 5.67. The third-order valence-corrected chi connectivity index (χ3v) is 3.48. The van der Waals surface area contributed by atoms with Crippen molar-refractivity contribution in [2.75, 3.05) is 0 Å². The van der Waals surface area contributed by atoms with Gasteiger partial charge in [0.05, 0.1) is 0 Å². The van der Waals surface area contributed by atoms with Crippen LogP contribution in [0.2, 0.25) is 10.0 Å². The van der Waals surface area contributed by atoms with Gasteiger partial charge in [0.2, 0.25) is 0 Å². The number of halogens is 2. The number of rotatable bonds is 4. The molecular weight excluding hydrogens is 305 g/mol. The minimum absolute atomic E-state index is 0.00644. The van der Waals surface area contributed by atoms with E-state index in [0.717, 1.165) is 11.3 Å². The van der Waals surface area contributed by atoms with Crippen molar-refractivity contribution in [3.63, 3.8) is 0 Å². The molecule has 1 N–H and O–H groups in total. The fourth-order valence-electron chi connectivity index (χ4n) is 1.82. The summed E-state index contributed by atoms with van der Waals surface area (Å²) in [4.78, 5) is 0. The van der Waals surface area contributed by atoms with Gasteiger partial charge in [-0.25, -0.2) is 0 Å². The van der Waals surface area contributed by atoms with Gasteiger partial charge in [0.15, 0.2) is 0 Å². The average molecular weight is 324 g/mol. The van der Waals surface area contributed by atoms with Crippen molar-refractivity contribution in [1.82, 2.24) is 5.32 Å². The van der Waals surface area contributed by atoms with Crippen LogP contribution >= 0.6 is 23.2 Å². The summed E-state index contributed by atoms with van der Waals surface area (Å²) in [6.07, 6.45) is 0. The molecule has 2 aromatic carbocycles. The molecule has 0 radical (unpaired) electrons. The lowest BCUT2D eigenvalue weighted by molar-refractivity contribution is 0.414. The standard InChI is InChI=1S/C17H19Cl2NO/c1-17(2,3)20-11-14-15(19)8-5-9-16(14)21-13-7-4-6-12(18)10-13/h4-10,20H,11H2,1-3H3. The summed E-state index contributed by atoms with van der Waals surface area (Å²) >= 11 is 12.3.